The van der Waals surface area contributed by atoms with Crippen molar-refractivity contribution in [2.75, 3.05) is 18.8 Å². The van der Waals surface area contributed by atoms with Crippen molar-refractivity contribution in [3.8, 4) is 0 Å². The molecule has 0 aromatic carbocycles. The van der Waals surface area contributed by atoms with Gasteiger partial charge in [-0.15, -0.1) is 11.3 Å². The number of piperidine rings is 1. The lowest BCUT2D eigenvalue weighted by atomic mass is 9.94. The van der Waals surface area contributed by atoms with Crippen LogP contribution in [-0.4, -0.2) is 38.8 Å². The molecular formula is C20H29N5S. The van der Waals surface area contributed by atoms with Crippen LogP contribution in [0, 0.1) is 0 Å². The predicted molar refractivity (Wildman–Crippen MR) is 111 cm³/mol. The summed E-state index contributed by atoms with van der Waals surface area (Å²) < 4.78 is 3.28. The zero-order valence-electron chi connectivity index (χ0n) is 16.0. The molecule has 4 heterocycles. The first-order valence-electron chi connectivity index (χ1n) is 9.87. The van der Waals surface area contributed by atoms with Gasteiger partial charge in [-0.1, -0.05) is 13.3 Å². The molecule has 1 aliphatic rings. The fourth-order valence-electron chi connectivity index (χ4n) is 3.97. The molecule has 0 saturated carbocycles. The summed E-state index contributed by atoms with van der Waals surface area (Å²) in [6, 6.07) is 2.92. The van der Waals surface area contributed by atoms with E-state index in [1.54, 1.807) is 0 Å². The molecule has 4 rings (SSSR count). The van der Waals surface area contributed by atoms with E-state index in [1.807, 2.05) is 16.0 Å². The highest BCUT2D eigenvalue weighted by molar-refractivity contribution is 7.20. The predicted octanol–water partition coefficient (Wildman–Crippen LogP) is 4.62. The van der Waals surface area contributed by atoms with Crippen LogP contribution in [0.15, 0.2) is 12.3 Å². The number of aryl methyl sites for hydroxylation is 1. The molecule has 1 saturated heterocycles. The van der Waals surface area contributed by atoms with Gasteiger partial charge in [-0.2, -0.15) is 5.10 Å². The fraction of sp³-hybridized carbons (Fsp3) is 0.600. The second kappa shape index (κ2) is 7.16. The van der Waals surface area contributed by atoms with Crippen LogP contribution < -0.4 is 5.73 Å². The Labute approximate surface area is 159 Å². The van der Waals surface area contributed by atoms with Crippen molar-refractivity contribution in [3.05, 3.63) is 17.1 Å². The Hall–Kier alpha value is -1.66. The van der Waals surface area contributed by atoms with E-state index in [0.29, 0.717) is 17.8 Å². The first-order valence-corrected chi connectivity index (χ1v) is 10.7. The van der Waals surface area contributed by atoms with Gasteiger partial charge in [-0.25, -0.2) is 4.98 Å². The molecule has 140 valence electrons. The van der Waals surface area contributed by atoms with Crippen molar-refractivity contribution >= 4 is 38.3 Å². The third kappa shape index (κ3) is 3.21. The van der Waals surface area contributed by atoms with Gasteiger partial charge >= 0.3 is 0 Å². The lowest BCUT2D eigenvalue weighted by molar-refractivity contribution is 0.173. The zero-order chi connectivity index (χ0) is 18.3. The van der Waals surface area contributed by atoms with Crippen LogP contribution >= 0.6 is 11.3 Å². The van der Waals surface area contributed by atoms with E-state index in [0.717, 1.165) is 30.4 Å². The highest BCUT2D eigenvalue weighted by Gasteiger charge is 2.24. The van der Waals surface area contributed by atoms with E-state index in [9.17, 15) is 0 Å². The van der Waals surface area contributed by atoms with E-state index >= 15 is 0 Å². The topological polar surface area (TPSA) is 60.0 Å². The molecule has 0 spiro atoms. The number of thiophene rings is 1. The maximum atomic E-state index is 6.21. The van der Waals surface area contributed by atoms with Gasteiger partial charge in [-0.3, -0.25) is 4.68 Å². The van der Waals surface area contributed by atoms with Gasteiger partial charge in [0.15, 0.2) is 5.82 Å². The Kier molecular flexibility index (Phi) is 4.88. The minimum Gasteiger partial charge on any atom is -0.382 e. The van der Waals surface area contributed by atoms with Crippen LogP contribution in [0.25, 0.3) is 21.1 Å². The molecule has 1 fully saturated rings. The molecule has 3 aromatic rings. The van der Waals surface area contributed by atoms with E-state index in [2.05, 4.69) is 48.0 Å². The van der Waals surface area contributed by atoms with E-state index in [1.165, 1.54) is 40.9 Å². The second-order valence-corrected chi connectivity index (χ2v) is 8.86. The molecule has 6 heteroatoms. The van der Waals surface area contributed by atoms with Crippen molar-refractivity contribution in [3.63, 3.8) is 0 Å². The molecule has 0 radical (unpaired) electrons. The quantitative estimate of drug-likeness (QED) is 0.711. The number of unbranched alkanes of at least 4 members (excludes halogenated alkanes) is 1. The number of nitrogens with two attached hydrogens (primary N) is 1. The van der Waals surface area contributed by atoms with Crippen molar-refractivity contribution in [1.29, 1.82) is 0 Å². The van der Waals surface area contributed by atoms with Gasteiger partial charge in [0.1, 0.15) is 5.52 Å². The summed E-state index contributed by atoms with van der Waals surface area (Å²) in [5.41, 5.74) is 8.11. The summed E-state index contributed by atoms with van der Waals surface area (Å²) in [7, 11) is 0. The Morgan fingerprint density at radius 2 is 2.08 bits per heavy atom. The first kappa shape index (κ1) is 17.7. The smallest absolute Gasteiger partial charge is 0.152 e. The van der Waals surface area contributed by atoms with Crippen LogP contribution in [0.4, 0.5) is 5.82 Å². The van der Waals surface area contributed by atoms with Crippen LogP contribution in [0.2, 0.25) is 0 Å². The summed E-state index contributed by atoms with van der Waals surface area (Å²) in [5, 5.41) is 5.85. The lowest BCUT2D eigenvalue weighted by Crippen LogP contribution is -2.37. The minimum atomic E-state index is 0.557. The van der Waals surface area contributed by atoms with Crippen molar-refractivity contribution in [1.82, 2.24) is 19.7 Å². The second-order valence-electron chi connectivity index (χ2n) is 7.77. The third-order valence-corrected chi connectivity index (χ3v) is 6.94. The molecule has 1 aliphatic heterocycles. The first-order chi connectivity index (χ1) is 12.6. The Bertz CT molecular complexity index is 902. The number of nitrogen functional groups attached to an aromatic ring is 1. The number of pyridine rings is 1. The highest BCUT2D eigenvalue weighted by Crippen LogP contribution is 2.39. The number of fused-ring (bicyclic) bond motifs is 3. The normalized spacial score (nSPS) is 17.1. The number of rotatable bonds is 5. The monoisotopic (exact) mass is 371 g/mol. The summed E-state index contributed by atoms with van der Waals surface area (Å²) >= 11 is 1.90. The van der Waals surface area contributed by atoms with Crippen molar-refractivity contribution in [2.45, 2.75) is 65.0 Å². The minimum absolute atomic E-state index is 0.557. The van der Waals surface area contributed by atoms with Gasteiger partial charge in [0.25, 0.3) is 0 Å². The number of likely N-dealkylation sites (tertiary alicyclic amines) is 1. The van der Waals surface area contributed by atoms with E-state index < -0.39 is 0 Å². The molecular weight excluding hydrogens is 342 g/mol. The fourth-order valence-corrected chi connectivity index (χ4v) is 5.25. The molecule has 0 bridgehead atoms. The van der Waals surface area contributed by atoms with Gasteiger partial charge in [0.05, 0.1) is 10.2 Å². The van der Waals surface area contributed by atoms with Crippen LogP contribution in [-0.2, 0) is 6.54 Å². The summed E-state index contributed by atoms with van der Waals surface area (Å²) in [4.78, 5) is 8.70. The largest absolute Gasteiger partial charge is 0.382 e. The molecule has 3 aromatic heterocycles. The van der Waals surface area contributed by atoms with E-state index in [4.69, 9.17) is 5.73 Å². The van der Waals surface area contributed by atoms with Crippen LogP contribution in [0.5, 0.6) is 0 Å². The zero-order valence-corrected chi connectivity index (χ0v) is 16.9. The maximum Gasteiger partial charge on any atom is 0.152 e. The maximum absolute atomic E-state index is 6.21. The summed E-state index contributed by atoms with van der Waals surface area (Å²) in [6.45, 7) is 10.1. The van der Waals surface area contributed by atoms with E-state index in [-0.39, 0.29) is 0 Å². The third-order valence-electron chi connectivity index (χ3n) is 5.62. The number of hydrogen-bond donors (Lipinski definition) is 1. The highest BCUT2D eigenvalue weighted by atomic mass is 32.1. The van der Waals surface area contributed by atoms with Gasteiger partial charge in [-0.05, 0) is 58.2 Å². The average Bonchev–Trinajstić information content (AvgIpc) is 3.24. The number of aromatic nitrogens is 3. The Morgan fingerprint density at radius 3 is 2.77 bits per heavy atom. The molecule has 0 atom stereocenters. The number of anilines is 1. The summed E-state index contributed by atoms with van der Waals surface area (Å²) in [6.07, 6.45) is 6.93. The molecule has 0 unspecified atom stereocenters. The van der Waals surface area contributed by atoms with Gasteiger partial charge in [0.2, 0.25) is 0 Å². The van der Waals surface area contributed by atoms with Gasteiger partial charge in [0, 0.05) is 29.0 Å². The summed E-state index contributed by atoms with van der Waals surface area (Å²) in [5.74, 6) is 1.21. The molecule has 5 nitrogen and oxygen atoms in total. The molecule has 2 N–H and O–H groups in total. The van der Waals surface area contributed by atoms with Crippen molar-refractivity contribution in [2.24, 2.45) is 0 Å². The molecule has 26 heavy (non-hydrogen) atoms. The van der Waals surface area contributed by atoms with Gasteiger partial charge < -0.3 is 10.6 Å². The standard InChI is InChI=1S/C20H29N5S/c1-4-5-8-25-12-15-18(23-25)20(21)22-16-11-17(26-19(15)16)14-6-9-24(10-7-14)13(2)3/h11-14H,4-10H2,1-3H3,(H2,21,22). The lowest BCUT2D eigenvalue weighted by Gasteiger charge is -2.34. The Morgan fingerprint density at radius 1 is 1.31 bits per heavy atom. The Balaban J connectivity index is 1.66. The molecule has 0 amide bonds. The van der Waals surface area contributed by atoms with Crippen molar-refractivity contribution < 1.29 is 0 Å². The molecule has 0 aliphatic carbocycles. The number of hydrogen-bond acceptors (Lipinski definition) is 5. The average molecular weight is 372 g/mol. The van der Waals surface area contributed by atoms with Crippen LogP contribution in [0.1, 0.15) is 57.2 Å². The number of nitrogens with zero attached hydrogens (tertiary/aromatic N) is 4. The van der Waals surface area contributed by atoms with Crippen LogP contribution in [0.3, 0.4) is 0 Å². The SMILES string of the molecule is CCCCn1cc2c(n1)c(N)nc1cc(C3CCN(C(C)C)CC3)sc12.